The number of hydrogen-bond acceptors (Lipinski definition) is 2. The summed E-state index contributed by atoms with van der Waals surface area (Å²) >= 11 is 0. The lowest BCUT2D eigenvalue weighted by atomic mass is 10.1. The quantitative estimate of drug-likeness (QED) is 0.726. The van der Waals surface area contributed by atoms with Crippen LogP contribution in [0.5, 0.6) is 0 Å². The number of aryl methyl sites for hydroxylation is 2. The van der Waals surface area contributed by atoms with Crippen LogP contribution in [0.4, 0.5) is 0 Å². The van der Waals surface area contributed by atoms with Gasteiger partial charge in [0.2, 0.25) is 0 Å². The summed E-state index contributed by atoms with van der Waals surface area (Å²) in [5, 5.41) is 4.55. The van der Waals surface area contributed by atoms with Crippen LogP contribution in [0.2, 0.25) is 0 Å². The number of carbonyl (C=O) groups excluding carboxylic acids is 1. The maximum absolute atomic E-state index is 11.9. The summed E-state index contributed by atoms with van der Waals surface area (Å²) in [7, 11) is 0. The van der Waals surface area contributed by atoms with E-state index in [0.717, 1.165) is 37.2 Å². The SMILES string of the molecule is CCCC(=O)c1ccn(Cc2cc(CC)nn2CC)c1. The highest BCUT2D eigenvalue weighted by atomic mass is 16.1. The van der Waals surface area contributed by atoms with Crippen molar-refractivity contribution in [3.05, 3.63) is 41.5 Å². The number of Topliss-reactive ketones (excluding diaryl/α,β-unsaturated/α-hetero) is 1. The van der Waals surface area contributed by atoms with Gasteiger partial charge >= 0.3 is 0 Å². The second-order valence-corrected chi connectivity index (χ2v) is 5.04. The van der Waals surface area contributed by atoms with Gasteiger partial charge in [0, 0.05) is 30.9 Å². The first-order valence-electron chi connectivity index (χ1n) is 7.42. The topological polar surface area (TPSA) is 39.8 Å². The molecule has 0 aliphatic heterocycles. The van der Waals surface area contributed by atoms with Crippen molar-refractivity contribution in [1.82, 2.24) is 14.3 Å². The van der Waals surface area contributed by atoms with Crippen LogP contribution in [0.25, 0.3) is 0 Å². The first-order chi connectivity index (χ1) is 9.67. The van der Waals surface area contributed by atoms with Gasteiger partial charge in [-0.25, -0.2) is 0 Å². The summed E-state index contributed by atoms with van der Waals surface area (Å²) in [6.07, 6.45) is 6.38. The minimum Gasteiger partial charge on any atom is -0.348 e. The Bertz CT molecular complexity index is 580. The molecule has 0 saturated heterocycles. The first-order valence-corrected chi connectivity index (χ1v) is 7.42. The molecule has 108 valence electrons. The molecule has 0 aromatic carbocycles. The van der Waals surface area contributed by atoms with E-state index in [-0.39, 0.29) is 5.78 Å². The molecule has 2 rings (SSSR count). The smallest absolute Gasteiger partial charge is 0.164 e. The Morgan fingerprint density at radius 2 is 2.10 bits per heavy atom. The molecule has 4 nitrogen and oxygen atoms in total. The second-order valence-electron chi connectivity index (χ2n) is 5.04. The van der Waals surface area contributed by atoms with Crippen LogP contribution in [-0.2, 0) is 19.5 Å². The van der Waals surface area contributed by atoms with E-state index >= 15 is 0 Å². The Kier molecular flexibility index (Phi) is 4.77. The molecule has 0 saturated carbocycles. The highest BCUT2D eigenvalue weighted by Gasteiger charge is 2.09. The van der Waals surface area contributed by atoms with Gasteiger partial charge in [-0.15, -0.1) is 0 Å². The van der Waals surface area contributed by atoms with Crippen molar-refractivity contribution in [3.8, 4) is 0 Å². The first kappa shape index (κ1) is 14.6. The van der Waals surface area contributed by atoms with Gasteiger partial charge in [0.05, 0.1) is 17.9 Å². The van der Waals surface area contributed by atoms with Gasteiger partial charge in [0.25, 0.3) is 0 Å². The third kappa shape index (κ3) is 3.18. The lowest BCUT2D eigenvalue weighted by Crippen LogP contribution is -2.07. The zero-order valence-electron chi connectivity index (χ0n) is 12.6. The zero-order chi connectivity index (χ0) is 14.5. The highest BCUT2D eigenvalue weighted by Crippen LogP contribution is 2.11. The third-order valence-electron chi connectivity index (χ3n) is 3.47. The lowest BCUT2D eigenvalue weighted by Gasteiger charge is -2.05. The Hall–Kier alpha value is -1.84. The van der Waals surface area contributed by atoms with Gasteiger partial charge in [0.1, 0.15) is 0 Å². The monoisotopic (exact) mass is 273 g/mol. The van der Waals surface area contributed by atoms with E-state index in [4.69, 9.17) is 0 Å². The van der Waals surface area contributed by atoms with Crippen LogP contribution >= 0.6 is 0 Å². The van der Waals surface area contributed by atoms with Gasteiger partial charge < -0.3 is 4.57 Å². The molecule has 0 spiro atoms. The highest BCUT2D eigenvalue weighted by molar-refractivity contribution is 5.95. The van der Waals surface area contributed by atoms with Gasteiger partial charge in [-0.1, -0.05) is 13.8 Å². The molecule has 0 atom stereocenters. The van der Waals surface area contributed by atoms with Crippen molar-refractivity contribution in [1.29, 1.82) is 0 Å². The van der Waals surface area contributed by atoms with E-state index in [0.29, 0.717) is 6.42 Å². The summed E-state index contributed by atoms with van der Waals surface area (Å²) in [6.45, 7) is 7.88. The van der Waals surface area contributed by atoms with Crippen molar-refractivity contribution in [2.45, 2.75) is 53.1 Å². The zero-order valence-corrected chi connectivity index (χ0v) is 12.6. The molecule has 0 aliphatic rings. The molecule has 0 aliphatic carbocycles. The molecule has 2 aromatic heterocycles. The Morgan fingerprint density at radius 3 is 2.75 bits per heavy atom. The minimum atomic E-state index is 0.226. The Morgan fingerprint density at radius 1 is 1.30 bits per heavy atom. The van der Waals surface area contributed by atoms with E-state index in [1.54, 1.807) is 0 Å². The minimum absolute atomic E-state index is 0.226. The van der Waals surface area contributed by atoms with E-state index in [1.807, 2.05) is 30.1 Å². The summed E-state index contributed by atoms with van der Waals surface area (Å²) in [5.74, 6) is 0.226. The molecule has 20 heavy (non-hydrogen) atoms. The maximum atomic E-state index is 11.9. The average Bonchev–Trinajstić information content (AvgIpc) is 3.06. The molecular formula is C16H23N3O. The van der Waals surface area contributed by atoms with Crippen molar-refractivity contribution in [3.63, 3.8) is 0 Å². The summed E-state index contributed by atoms with van der Waals surface area (Å²) < 4.78 is 4.10. The van der Waals surface area contributed by atoms with E-state index in [9.17, 15) is 4.79 Å². The molecule has 2 aromatic rings. The van der Waals surface area contributed by atoms with Crippen molar-refractivity contribution in [2.75, 3.05) is 0 Å². The largest absolute Gasteiger partial charge is 0.348 e. The second kappa shape index (κ2) is 6.55. The van der Waals surface area contributed by atoms with Crippen LogP contribution in [0.15, 0.2) is 24.5 Å². The van der Waals surface area contributed by atoms with Crippen LogP contribution < -0.4 is 0 Å². The third-order valence-corrected chi connectivity index (χ3v) is 3.47. The van der Waals surface area contributed by atoms with Crippen LogP contribution in [0.1, 0.15) is 55.4 Å². The number of nitrogens with zero attached hydrogens (tertiary/aromatic N) is 3. The number of rotatable bonds is 7. The molecule has 0 radical (unpaired) electrons. The number of aromatic nitrogens is 3. The Labute approximate surface area is 120 Å². The molecule has 0 unspecified atom stereocenters. The average molecular weight is 273 g/mol. The predicted octanol–water partition coefficient (Wildman–Crippen LogP) is 3.30. The van der Waals surface area contributed by atoms with Gasteiger partial charge in [0.15, 0.2) is 5.78 Å². The molecule has 2 heterocycles. The van der Waals surface area contributed by atoms with Gasteiger partial charge in [-0.05, 0) is 31.9 Å². The fourth-order valence-electron chi connectivity index (χ4n) is 2.35. The molecular weight excluding hydrogens is 250 g/mol. The van der Waals surface area contributed by atoms with E-state index in [2.05, 4.69) is 29.6 Å². The standard InChI is InChI=1S/C16H23N3O/c1-4-7-16(20)13-8-9-18(11-13)12-15-10-14(5-2)17-19(15)6-3/h8-11H,4-7,12H2,1-3H3. The fraction of sp³-hybridized carbons (Fsp3) is 0.500. The maximum Gasteiger partial charge on any atom is 0.164 e. The molecule has 0 N–H and O–H groups in total. The predicted molar refractivity (Wildman–Crippen MR) is 80.1 cm³/mol. The van der Waals surface area contributed by atoms with Crippen molar-refractivity contribution >= 4 is 5.78 Å². The van der Waals surface area contributed by atoms with Crippen LogP contribution in [0.3, 0.4) is 0 Å². The number of carbonyl (C=O) groups is 1. The van der Waals surface area contributed by atoms with Crippen LogP contribution in [-0.4, -0.2) is 20.1 Å². The van der Waals surface area contributed by atoms with Crippen LogP contribution in [0, 0.1) is 0 Å². The van der Waals surface area contributed by atoms with Crippen molar-refractivity contribution < 1.29 is 4.79 Å². The normalized spacial score (nSPS) is 10.9. The Balaban J connectivity index is 2.14. The van der Waals surface area contributed by atoms with Crippen molar-refractivity contribution in [2.24, 2.45) is 0 Å². The molecule has 0 amide bonds. The summed E-state index contributed by atoms with van der Waals surface area (Å²) in [4.78, 5) is 11.9. The molecule has 0 bridgehead atoms. The van der Waals surface area contributed by atoms with Gasteiger partial charge in [-0.3, -0.25) is 9.48 Å². The lowest BCUT2D eigenvalue weighted by molar-refractivity contribution is 0.0981. The van der Waals surface area contributed by atoms with Gasteiger partial charge in [-0.2, -0.15) is 5.10 Å². The summed E-state index contributed by atoms with van der Waals surface area (Å²) in [5.41, 5.74) is 3.12. The fourth-order valence-corrected chi connectivity index (χ4v) is 2.35. The summed E-state index contributed by atoms with van der Waals surface area (Å²) in [6, 6.07) is 4.06. The van der Waals surface area contributed by atoms with E-state index in [1.165, 1.54) is 5.69 Å². The molecule has 4 heteroatoms. The van der Waals surface area contributed by atoms with E-state index < -0.39 is 0 Å². The number of hydrogen-bond donors (Lipinski definition) is 0. The molecule has 0 fully saturated rings. The number of ketones is 1.